The van der Waals surface area contributed by atoms with E-state index < -0.39 is 0 Å². The van der Waals surface area contributed by atoms with Gasteiger partial charge in [0.15, 0.2) is 0 Å². The third-order valence-corrected chi connectivity index (χ3v) is 4.49. The molecular formula is C14H16BrClN2O. The molecule has 0 aliphatic heterocycles. The van der Waals surface area contributed by atoms with Crippen molar-refractivity contribution in [1.29, 1.82) is 0 Å². The van der Waals surface area contributed by atoms with Gasteiger partial charge >= 0.3 is 0 Å². The van der Waals surface area contributed by atoms with Gasteiger partial charge in [-0.3, -0.25) is 0 Å². The van der Waals surface area contributed by atoms with Crippen molar-refractivity contribution in [2.24, 2.45) is 0 Å². The van der Waals surface area contributed by atoms with Crippen LogP contribution in [-0.4, -0.2) is 28.6 Å². The van der Waals surface area contributed by atoms with Gasteiger partial charge in [-0.2, -0.15) is 0 Å². The minimum Gasteiger partial charge on any atom is -0.381 e. The molecule has 0 unspecified atom stereocenters. The summed E-state index contributed by atoms with van der Waals surface area (Å²) >= 11 is 9.44. The normalized spacial score (nSPS) is 22.7. The van der Waals surface area contributed by atoms with Crippen LogP contribution in [0.1, 0.15) is 24.7 Å². The van der Waals surface area contributed by atoms with E-state index in [4.69, 9.17) is 21.3 Å². The first-order valence-electron chi connectivity index (χ1n) is 6.48. The molecule has 0 amide bonds. The Morgan fingerprint density at radius 3 is 2.95 bits per heavy atom. The minimum absolute atomic E-state index is 0.387. The maximum Gasteiger partial charge on any atom is 0.111 e. The van der Waals surface area contributed by atoms with Gasteiger partial charge in [0.05, 0.1) is 17.1 Å². The fourth-order valence-corrected chi connectivity index (χ4v) is 3.24. The zero-order chi connectivity index (χ0) is 13.4. The number of aryl methyl sites for hydroxylation is 1. The van der Waals surface area contributed by atoms with Crippen LogP contribution in [0.25, 0.3) is 11.0 Å². The van der Waals surface area contributed by atoms with Gasteiger partial charge in [0, 0.05) is 29.9 Å². The number of alkyl halides is 1. The first-order chi connectivity index (χ1) is 9.22. The Hall–Kier alpha value is -0.580. The van der Waals surface area contributed by atoms with Gasteiger partial charge < -0.3 is 9.30 Å². The number of hydrogen-bond donors (Lipinski definition) is 0. The number of hydrogen-bond acceptors (Lipinski definition) is 2. The number of aromatic nitrogens is 2. The molecule has 0 atom stereocenters. The second kappa shape index (κ2) is 5.43. The first-order valence-corrected chi connectivity index (χ1v) is 7.80. The smallest absolute Gasteiger partial charge is 0.111 e. The van der Waals surface area contributed by atoms with Crippen molar-refractivity contribution in [2.75, 3.05) is 13.0 Å². The van der Waals surface area contributed by atoms with Crippen molar-refractivity contribution in [3.63, 3.8) is 0 Å². The molecule has 3 nitrogen and oxygen atoms in total. The molecule has 5 heteroatoms. The SMILES string of the molecule is COC1CC(n2c(CCCl)nc3ccc(Br)cc32)C1. The van der Waals surface area contributed by atoms with Gasteiger partial charge in [-0.15, -0.1) is 11.6 Å². The maximum absolute atomic E-state index is 5.90. The quantitative estimate of drug-likeness (QED) is 0.787. The van der Waals surface area contributed by atoms with E-state index in [0.717, 1.165) is 35.1 Å². The molecule has 19 heavy (non-hydrogen) atoms. The Kier molecular flexibility index (Phi) is 3.83. The van der Waals surface area contributed by atoms with Gasteiger partial charge in [0.25, 0.3) is 0 Å². The van der Waals surface area contributed by atoms with E-state index in [1.165, 1.54) is 5.52 Å². The molecule has 0 radical (unpaired) electrons. The molecule has 1 fully saturated rings. The second-order valence-electron chi connectivity index (χ2n) is 4.95. The van der Waals surface area contributed by atoms with Crippen LogP contribution in [0.5, 0.6) is 0 Å². The lowest BCUT2D eigenvalue weighted by molar-refractivity contribution is 0.00663. The van der Waals surface area contributed by atoms with E-state index in [0.29, 0.717) is 18.0 Å². The van der Waals surface area contributed by atoms with E-state index in [9.17, 15) is 0 Å². The van der Waals surface area contributed by atoms with E-state index in [-0.39, 0.29) is 0 Å². The summed E-state index contributed by atoms with van der Waals surface area (Å²) in [7, 11) is 1.78. The highest BCUT2D eigenvalue weighted by Gasteiger charge is 2.32. The molecule has 0 spiro atoms. The number of benzene rings is 1. The fourth-order valence-electron chi connectivity index (χ4n) is 2.73. The van der Waals surface area contributed by atoms with E-state index in [2.05, 4.69) is 32.6 Å². The minimum atomic E-state index is 0.387. The maximum atomic E-state index is 5.90. The lowest BCUT2D eigenvalue weighted by Gasteiger charge is -2.36. The van der Waals surface area contributed by atoms with Crippen molar-refractivity contribution >= 4 is 38.6 Å². The average molecular weight is 344 g/mol. The Morgan fingerprint density at radius 2 is 2.26 bits per heavy atom. The highest BCUT2D eigenvalue weighted by molar-refractivity contribution is 9.10. The molecule has 0 bridgehead atoms. The second-order valence-corrected chi connectivity index (χ2v) is 6.25. The van der Waals surface area contributed by atoms with E-state index in [1.54, 1.807) is 7.11 Å². The predicted octanol–water partition coefficient (Wildman–Crippen LogP) is 3.93. The van der Waals surface area contributed by atoms with E-state index in [1.807, 2.05) is 6.07 Å². The highest BCUT2D eigenvalue weighted by Crippen LogP contribution is 2.38. The van der Waals surface area contributed by atoms with Crippen molar-refractivity contribution in [3.05, 3.63) is 28.5 Å². The lowest BCUT2D eigenvalue weighted by Crippen LogP contribution is -2.33. The van der Waals surface area contributed by atoms with Gasteiger partial charge in [-0.25, -0.2) is 4.98 Å². The van der Waals surface area contributed by atoms with Crippen LogP contribution in [0, 0.1) is 0 Å². The van der Waals surface area contributed by atoms with Crippen molar-refractivity contribution in [1.82, 2.24) is 9.55 Å². The van der Waals surface area contributed by atoms with Crippen LogP contribution < -0.4 is 0 Å². The molecule has 2 aromatic rings. The Balaban J connectivity index is 2.03. The summed E-state index contributed by atoms with van der Waals surface area (Å²) in [5, 5.41) is 0. The summed E-state index contributed by atoms with van der Waals surface area (Å²) in [6.45, 7) is 0. The first kappa shape index (κ1) is 13.4. The molecule has 1 aliphatic carbocycles. The van der Waals surface area contributed by atoms with Gasteiger partial charge in [-0.05, 0) is 31.0 Å². The molecule has 0 saturated heterocycles. The molecule has 102 valence electrons. The standard InChI is InChI=1S/C14H16BrClN2O/c1-19-11-7-10(8-11)18-13-6-9(15)2-3-12(13)17-14(18)4-5-16/h2-3,6,10-11H,4-5,7-8H2,1H3. The molecular weight excluding hydrogens is 328 g/mol. The zero-order valence-corrected chi connectivity index (χ0v) is 13.1. The fraction of sp³-hybridized carbons (Fsp3) is 0.500. The summed E-state index contributed by atoms with van der Waals surface area (Å²) in [6.07, 6.45) is 3.31. The predicted molar refractivity (Wildman–Crippen MR) is 80.9 cm³/mol. The topological polar surface area (TPSA) is 27.1 Å². The Bertz CT molecular complexity index is 592. The number of ether oxygens (including phenoxy) is 1. The molecule has 1 saturated carbocycles. The van der Waals surface area contributed by atoms with Crippen LogP contribution in [0.3, 0.4) is 0 Å². The summed E-state index contributed by atoms with van der Waals surface area (Å²) in [5.41, 5.74) is 2.23. The molecule has 0 N–H and O–H groups in total. The third-order valence-electron chi connectivity index (χ3n) is 3.81. The van der Waals surface area contributed by atoms with Crippen molar-refractivity contribution in [2.45, 2.75) is 31.4 Å². The number of halogens is 2. The largest absolute Gasteiger partial charge is 0.381 e. The molecule has 3 rings (SSSR count). The van der Waals surface area contributed by atoms with E-state index >= 15 is 0 Å². The number of imidazole rings is 1. The number of methoxy groups -OCH3 is 1. The summed E-state index contributed by atoms with van der Waals surface area (Å²) < 4.78 is 8.81. The summed E-state index contributed by atoms with van der Waals surface area (Å²) in [4.78, 5) is 4.71. The van der Waals surface area contributed by atoms with Crippen LogP contribution in [0.4, 0.5) is 0 Å². The Morgan fingerprint density at radius 1 is 1.47 bits per heavy atom. The molecule has 1 heterocycles. The Labute approximate surface area is 126 Å². The highest BCUT2D eigenvalue weighted by atomic mass is 79.9. The number of rotatable bonds is 4. The van der Waals surface area contributed by atoms with Crippen molar-refractivity contribution < 1.29 is 4.74 Å². The number of nitrogens with zero attached hydrogens (tertiary/aromatic N) is 2. The molecule has 1 aliphatic rings. The molecule has 1 aromatic carbocycles. The third kappa shape index (κ3) is 2.41. The lowest BCUT2D eigenvalue weighted by atomic mass is 9.88. The molecule has 1 aromatic heterocycles. The number of fused-ring (bicyclic) bond motifs is 1. The van der Waals surface area contributed by atoms with Gasteiger partial charge in [-0.1, -0.05) is 15.9 Å². The summed E-state index contributed by atoms with van der Waals surface area (Å²) in [5.74, 6) is 1.69. The van der Waals surface area contributed by atoms with Crippen molar-refractivity contribution in [3.8, 4) is 0 Å². The van der Waals surface area contributed by atoms with Crippen LogP contribution >= 0.6 is 27.5 Å². The summed E-state index contributed by atoms with van der Waals surface area (Å²) in [6, 6.07) is 6.71. The average Bonchev–Trinajstić information content (AvgIpc) is 2.67. The van der Waals surface area contributed by atoms with Crippen LogP contribution in [0.2, 0.25) is 0 Å². The van der Waals surface area contributed by atoms with Gasteiger partial charge in [0.1, 0.15) is 5.82 Å². The van der Waals surface area contributed by atoms with Gasteiger partial charge in [0.2, 0.25) is 0 Å². The van der Waals surface area contributed by atoms with Crippen LogP contribution in [-0.2, 0) is 11.2 Å². The van der Waals surface area contributed by atoms with Crippen LogP contribution in [0.15, 0.2) is 22.7 Å². The monoisotopic (exact) mass is 342 g/mol. The zero-order valence-electron chi connectivity index (χ0n) is 10.8.